The van der Waals surface area contributed by atoms with Crippen molar-refractivity contribution in [3.05, 3.63) is 0 Å². The zero-order valence-corrected chi connectivity index (χ0v) is 9.97. The van der Waals surface area contributed by atoms with Crippen molar-refractivity contribution in [2.75, 3.05) is 37.9 Å². The number of hydrogen-bond donors (Lipinski definition) is 0. The van der Waals surface area contributed by atoms with Gasteiger partial charge in [-0.3, -0.25) is 4.90 Å². The van der Waals surface area contributed by atoms with Crippen LogP contribution in [0, 0.1) is 11.3 Å². The van der Waals surface area contributed by atoms with E-state index in [-0.39, 0.29) is 5.21 Å². The van der Waals surface area contributed by atoms with Gasteiger partial charge in [0.05, 0.1) is 6.07 Å². The summed E-state index contributed by atoms with van der Waals surface area (Å²) < 4.78 is 24.2. The Balaban J connectivity index is 2.40. The summed E-state index contributed by atoms with van der Waals surface area (Å²) >= 11 is 5.36. The Bertz CT molecular complexity index is 330. The van der Waals surface area contributed by atoms with E-state index in [0.717, 1.165) is 0 Å². The maximum atomic E-state index is 11.4. The Labute approximate surface area is 95.3 Å². The molecule has 1 fully saturated rings. The van der Waals surface area contributed by atoms with Crippen molar-refractivity contribution < 1.29 is 8.42 Å². The van der Waals surface area contributed by atoms with E-state index in [9.17, 15) is 8.42 Å². The van der Waals surface area contributed by atoms with Crippen LogP contribution in [-0.4, -0.2) is 55.6 Å². The molecule has 0 aromatic carbocycles. The number of alkyl halides is 1. The Morgan fingerprint density at radius 3 is 2.33 bits per heavy atom. The van der Waals surface area contributed by atoms with Crippen molar-refractivity contribution in [2.45, 2.75) is 6.42 Å². The molecule has 5 nitrogen and oxygen atoms in total. The summed E-state index contributed by atoms with van der Waals surface area (Å²) in [5.74, 6) is 0. The molecule has 0 aromatic rings. The van der Waals surface area contributed by atoms with E-state index in [2.05, 4.69) is 11.0 Å². The summed E-state index contributed by atoms with van der Waals surface area (Å²) in [7, 11) is -3.26. The lowest BCUT2D eigenvalue weighted by molar-refractivity contribution is 0.192. The SMILES string of the molecule is N#CCCN1CCN(S(=O)(=O)CCl)CC1. The predicted octanol–water partition coefficient (Wildman–Crippen LogP) is 0.0438. The quantitative estimate of drug-likeness (QED) is 0.662. The minimum atomic E-state index is -3.26. The average Bonchev–Trinajstić information content (AvgIpc) is 2.27. The molecule has 0 amide bonds. The number of halogens is 1. The molecule has 86 valence electrons. The lowest BCUT2D eigenvalue weighted by Crippen LogP contribution is -2.48. The van der Waals surface area contributed by atoms with Crippen LogP contribution in [0.5, 0.6) is 0 Å². The van der Waals surface area contributed by atoms with Crippen molar-refractivity contribution in [3.8, 4) is 6.07 Å². The van der Waals surface area contributed by atoms with Gasteiger partial charge in [-0.15, -0.1) is 11.6 Å². The summed E-state index contributed by atoms with van der Waals surface area (Å²) in [6.45, 7) is 3.02. The van der Waals surface area contributed by atoms with Crippen molar-refractivity contribution in [1.82, 2.24) is 9.21 Å². The fourth-order valence-corrected chi connectivity index (χ4v) is 2.78. The second kappa shape index (κ2) is 5.66. The Hall–Kier alpha value is -0.350. The molecule has 0 aliphatic carbocycles. The third kappa shape index (κ3) is 3.61. The molecular formula is C8H14ClN3O2S. The first-order valence-corrected chi connectivity index (χ1v) is 6.87. The molecule has 1 heterocycles. The third-order valence-corrected chi connectivity index (χ3v) is 4.66. The van der Waals surface area contributed by atoms with E-state index in [0.29, 0.717) is 39.1 Å². The monoisotopic (exact) mass is 251 g/mol. The van der Waals surface area contributed by atoms with Crippen molar-refractivity contribution in [2.24, 2.45) is 0 Å². The largest absolute Gasteiger partial charge is 0.300 e. The van der Waals surface area contributed by atoms with Crippen LogP contribution in [-0.2, 0) is 10.0 Å². The van der Waals surface area contributed by atoms with Gasteiger partial charge in [-0.1, -0.05) is 0 Å². The molecule has 0 radical (unpaired) electrons. The summed E-state index contributed by atoms with van der Waals surface area (Å²) in [4.78, 5) is 2.09. The first-order chi connectivity index (χ1) is 7.10. The summed E-state index contributed by atoms with van der Waals surface area (Å²) in [5.41, 5.74) is 0. The van der Waals surface area contributed by atoms with E-state index in [1.165, 1.54) is 4.31 Å². The molecule has 0 aromatic heterocycles. The average molecular weight is 252 g/mol. The number of hydrogen-bond acceptors (Lipinski definition) is 4. The summed E-state index contributed by atoms with van der Waals surface area (Å²) in [6.07, 6.45) is 0.488. The Morgan fingerprint density at radius 1 is 1.27 bits per heavy atom. The molecule has 0 unspecified atom stereocenters. The highest BCUT2D eigenvalue weighted by molar-refractivity contribution is 7.90. The van der Waals surface area contributed by atoms with Gasteiger partial charge in [0.2, 0.25) is 10.0 Å². The molecule has 0 spiro atoms. The van der Waals surface area contributed by atoms with Crippen LogP contribution in [0.2, 0.25) is 0 Å². The maximum absolute atomic E-state index is 11.4. The number of piperazine rings is 1. The minimum absolute atomic E-state index is 0.356. The highest BCUT2D eigenvalue weighted by atomic mass is 35.5. The first-order valence-electron chi connectivity index (χ1n) is 4.73. The molecule has 1 rings (SSSR count). The first kappa shape index (κ1) is 12.7. The van der Waals surface area contributed by atoms with Gasteiger partial charge < -0.3 is 0 Å². The molecule has 0 saturated carbocycles. The van der Waals surface area contributed by atoms with Gasteiger partial charge in [-0.2, -0.15) is 9.57 Å². The lowest BCUT2D eigenvalue weighted by atomic mass is 10.3. The van der Waals surface area contributed by atoms with Crippen LogP contribution in [0.1, 0.15) is 6.42 Å². The highest BCUT2D eigenvalue weighted by Crippen LogP contribution is 2.09. The van der Waals surface area contributed by atoms with Gasteiger partial charge in [0.15, 0.2) is 0 Å². The minimum Gasteiger partial charge on any atom is -0.300 e. The number of nitriles is 1. The second-order valence-corrected chi connectivity index (χ2v) is 5.92. The van der Waals surface area contributed by atoms with Gasteiger partial charge >= 0.3 is 0 Å². The molecule has 0 bridgehead atoms. The number of sulfonamides is 1. The lowest BCUT2D eigenvalue weighted by Gasteiger charge is -2.32. The van der Waals surface area contributed by atoms with Gasteiger partial charge in [0.1, 0.15) is 5.21 Å². The van der Waals surface area contributed by atoms with Crippen molar-refractivity contribution in [3.63, 3.8) is 0 Å². The molecule has 15 heavy (non-hydrogen) atoms. The number of nitrogens with zero attached hydrogens (tertiary/aromatic N) is 3. The maximum Gasteiger partial charge on any atom is 0.228 e. The summed E-state index contributed by atoms with van der Waals surface area (Å²) in [5, 5.41) is 8.06. The Morgan fingerprint density at radius 2 is 1.87 bits per heavy atom. The van der Waals surface area contributed by atoms with Crippen LogP contribution < -0.4 is 0 Å². The fraction of sp³-hybridized carbons (Fsp3) is 0.875. The third-order valence-electron chi connectivity index (χ3n) is 2.40. The molecule has 1 aliphatic rings. The zero-order chi connectivity index (χ0) is 11.3. The molecule has 7 heteroatoms. The normalized spacial score (nSPS) is 20.0. The fourth-order valence-electron chi connectivity index (χ4n) is 1.51. The van der Waals surface area contributed by atoms with Gasteiger partial charge in [0, 0.05) is 39.1 Å². The van der Waals surface area contributed by atoms with Crippen LogP contribution >= 0.6 is 11.6 Å². The predicted molar refractivity (Wildman–Crippen MR) is 57.9 cm³/mol. The van der Waals surface area contributed by atoms with Crippen molar-refractivity contribution in [1.29, 1.82) is 5.26 Å². The highest BCUT2D eigenvalue weighted by Gasteiger charge is 2.25. The summed E-state index contributed by atoms with van der Waals surface area (Å²) in [6, 6.07) is 2.07. The van der Waals surface area contributed by atoms with Crippen LogP contribution in [0.25, 0.3) is 0 Å². The molecule has 1 aliphatic heterocycles. The van der Waals surface area contributed by atoms with E-state index in [1.807, 2.05) is 0 Å². The molecule has 0 N–H and O–H groups in total. The Kier molecular flexibility index (Phi) is 4.80. The zero-order valence-electron chi connectivity index (χ0n) is 8.39. The van der Waals surface area contributed by atoms with E-state index in [1.54, 1.807) is 0 Å². The van der Waals surface area contributed by atoms with Crippen LogP contribution in [0.4, 0.5) is 0 Å². The van der Waals surface area contributed by atoms with E-state index < -0.39 is 10.0 Å². The van der Waals surface area contributed by atoms with E-state index >= 15 is 0 Å². The topological polar surface area (TPSA) is 64.4 Å². The van der Waals surface area contributed by atoms with Gasteiger partial charge in [-0.05, 0) is 0 Å². The van der Waals surface area contributed by atoms with Gasteiger partial charge in [-0.25, -0.2) is 8.42 Å². The van der Waals surface area contributed by atoms with Gasteiger partial charge in [0.25, 0.3) is 0 Å². The molecular weight excluding hydrogens is 238 g/mol. The van der Waals surface area contributed by atoms with Crippen molar-refractivity contribution >= 4 is 21.6 Å². The molecule has 1 saturated heterocycles. The van der Waals surface area contributed by atoms with Crippen LogP contribution in [0.3, 0.4) is 0 Å². The standard InChI is InChI=1S/C8H14ClN3O2S/c9-8-15(13,14)12-6-4-11(5-7-12)3-1-2-10/h1,3-8H2. The van der Waals surface area contributed by atoms with E-state index in [4.69, 9.17) is 16.9 Å². The molecule has 0 atom stereocenters. The number of rotatable bonds is 4. The van der Waals surface area contributed by atoms with Crippen LogP contribution in [0.15, 0.2) is 0 Å². The smallest absolute Gasteiger partial charge is 0.228 e. The second-order valence-electron chi connectivity index (χ2n) is 3.37.